The van der Waals surface area contributed by atoms with Gasteiger partial charge >= 0.3 is 0 Å². The van der Waals surface area contributed by atoms with Crippen molar-refractivity contribution in [1.82, 2.24) is 14.3 Å². The van der Waals surface area contributed by atoms with E-state index in [9.17, 15) is 9.18 Å². The summed E-state index contributed by atoms with van der Waals surface area (Å²) in [5.74, 6) is -0.501. The minimum Gasteiger partial charge on any atom is -0.372 e. The molecular formula is C14H16FN3O2. The molecule has 2 unspecified atom stereocenters. The number of hydrogen-bond donors (Lipinski definition) is 0. The molecule has 2 aromatic heterocycles. The van der Waals surface area contributed by atoms with E-state index in [0.717, 1.165) is 0 Å². The van der Waals surface area contributed by atoms with Crippen LogP contribution in [-0.4, -0.2) is 45.5 Å². The van der Waals surface area contributed by atoms with Crippen molar-refractivity contribution in [2.45, 2.75) is 26.1 Å². The molecule has 0 N–H and O–H groups in total. The van der Waals surface area contributed by atoms with Gasteiger partial charge < -0.3 is 14.0 Å². The number of pyridine rings is 1. The van der Waals surface area contributed by atoms with E-state index in [-0.39, 0.29) is 23.9 Å². The molecule has 0 saturated carbocycles. The second kappa shape index (κ2) is 4.86. The lowest BCUT2D eigenvalue weighted by molar-refractivity contribution is -0.0587. The Balaban J connectivity index is 1.88. The maximum atomic E-state index is 13.1. The Kier molecular flexibility index (Phi) is 3.17. The number of carbonyl (C=O) groups is 1. The van der Waals surface area contributed by atoms with Crippen molar-refractivity contribution >= 4 is 11.6 Å². The van der Waals surface area contributed by atoms with Gasteiger partial charge in [0.1, 0.15) is 17.2 Å². The van der Waals surface area contributed by atoms with Crippen LogP contribution < -0.4 is 0 Å². The topological polar surface area (TPSA) is 46.8 Å². The zero-order valence-electron chi connectivity index (χ0n) is 11.4. The Morgan fingerprint density at radius 2 is 2.00 bits per heavy atom. The lowest BCUT2D eigenvalue weighted by Crippen LogP contribution is -2.48. The summed E-state index contributed by atoms with van der Waals surface area (Å²) in [6, 6.07) is 2.88. The number of rotatable bonds is 1. The predicted octanol–water partition coefficient (Wildman–Crippen LogP) is 1.72. The number of halogens is 1. The summed E-state index contributed by atoms with van der Waals surface area (Å²) in [6.07, 6.45) is 2.89. The Bertz CT molecular complexity index is 645. The molecule has 0 spiro atoms. The van der Waals surface area contributed by atoms with Gasteiger partial charge in [0, 0.05) is 25.5 Å². The molecule has 3 rings (SSSR count). The quantitative estimate of drug-likeness (QED) is 0.797. The normalized spacial score (nSPS) is 23.2. The molecule has 2 atom stereocenters. The van der Waals surface area contributed by atoms with Crippen LogP contribution in [0.3, 0.4) is 0 Å². The van der Waals surface area contributed by atoms with Crippen LogP contribution in [0.15, 0.2) is 24.5 Å². The fraction of sp³-hybridized carbons (Fsp3) is 0.429. The van der Waals surface area contributed by atoms with Gasteiger partial charge in [-0.05, 0) is 26.0 Å². The van der Waals surface area contributed by atoms with E-state index < -0.39 is 0 Å². The average molecular weight is 277 g/mol. The van der Waals surface area contributed by atoms with Gasteiger partial charge in [-0.1, -0.05) is 0 Å². The molecule has 5 nitrogen and oxygen atoms in total. The molecule has 1 aliphatic heterocycles. The SMILES string of the molecule is CC1CN(C(=O)c2cn3cc(F)ccc3n2)CC(C)O1. The largest absolute Gasteiger partial charge is 0.372 e. The van der Waals surface area contributed by atoms with E-state index in [1.165, 1.54) is 16.7 Å². The van der Waals surface area contributed by atoms with Crippen LogP contribution in [0.2, 0.25) is 0 Å². The molecule has 1 amide bonds. The fourth-order valence-electron chi connectivity index (χ4n) is 2.57. The van der Waals surface area contributed by atoms with Crippen molar-refractivity contribution in [3.8, 4) is 0 Å². The summed E-state index contributed by atoms with van der Waals surface area (Å²) in [5, 5.41) is 0. The number of nitrogens with zero attached hydrogens (tertiary/aromatic N) is 3. The van der Waals surface area contributed by atoms with Crippen LogP contribution in [0.1, 0.15) is 24.3 Å². The van der Waals surface area contributed by atoms with E-state index >= 15 is 0 Å². The molecule has 6 heteroatoms. The molecule has 20 heavy (non-hydrogen) atoms. The number of morpholine rings is 1. The Morgan fingerprint density at radius 3 is 2.70 bits per heavy atom. The second-order valence-electron chi connectivity index (χ2n) is 5.21. The van der Waals surface area contributed by atoms with Crippen LogP contribution >= 0.6 is 0 Å². The van der Waals surface area contributed by atoms with E-state index in [2.05, 4.69) is 4.98 Å². The molecule has 0 aromatic carbocycles. The maximum Gasteiger partial charge on any atom is 0.274 e. The zero-order valence-corrected chi connectivity index (χ0v) is 11.4. The first-order chi connectivity index (χ1) is 9.52. The first kappa shape index (κ1) is 13.1. The first-order valence-corrected chi connectivity index (χ1v) is 6.62. The van der Waals surface area contributed by atoms with E-state index in [0.29, 0.717) is 24.4 Å². The summed E-state index contributed by atoms with van der Waals surface area (Å²) >= 11 is 0. The van der Waals surface area contributed by atoms with Gasteiger partial charge in [0.05, 0.1) is 12.2 Å². The van der Waals surface area contributed by atoms with Crippen LogP contribution in [0.25, 0.3) is 5.65 Å². The van der Waals surface area contributed by atoms with Crippen molar-refractivity contribution in [2.24, 2.45) is 0 Å². The number of ether oxygens (including phenoxy) is 1. The zero-order chi connectivity index (χ0) is 14.3. The highest BCUT2D eigenvalue weighted by Gasteiger charge is 2.27. The van der Waals surface area contributed by atoms with Gasteiger partial charge in [0.2, 0.25) is 0 Å². The molecule has 2 aromatic rings. The summed E-state index contributed by atoms with van der Waals surface area (Å²) in [7, 11) is 0. The molecule has 3 heterocycles. The molecule has 0 bridgehead atoms. The maximum absolute atomic E-state index is 13.1. The smallest absolute Gasteiger partial charge is 0.274 e. The number of carbonyl (C=O) groups excluding carboxylic acids is 1. The number of aromatic nitrogens is 2. The lowest BCUT2D eigenvalue weighted by Gasteiger charge is -2.34. The molecule has 0 aliphatic carbocycles. The number of fused-ring (bicyclic) bond motifs is 1. The van der Waals surface area contributed by atoms with Gasteiger partial charge in [-0.25, -0.2) is 9.37 Å². The molecule has 106 valence electrons. The van der Waals surface area contributed by atoms with Gasteiger partial charge in [-0.2, -0.15) is 0 Å². The summed E-state index contributed by atoms with van der Waals surface area (Å²) in [4.78, 5) is 18.4. The fourth-order valence-corrected chi connectivity index (χ4v) is 2.57. The van der Waals surface area contributed by atoms with Gasteiger partial charge in [-0.15, -0.1) is 0 Å². The van der Waals surface area contributed by atoms with Crippen molar-refractivity contribution in [2.75, 3.05) is 13.1 Å². The predicted molar refractivity (Wildman–Crippen MR) is 71.1 cm³/mol. The highest BCUT2D eigenvalue weighted by Crippen LogP contribution is 2.15. The molecule has 1 saturated heterocycles. The summed E-state index contributed by atoms with van der Waals surface area (Å²) in [5.41, 5.74) is 0.890. The number of hydrogen-bond acceptors (Lipinski definition) is 3. The lowest BCUT2D eigenvalue weighted by atomic mass is 10.2. The Morgan fingerprint density at radius 1 is 1.30 bits per heavy atom. The minimum atomic E-state index is -0.359. The third-order valence-corrected chi connectivity index (χ3v) is 3.34. The number of amides is 1. The molecule has 0 radical (unpaired) electrons. The monoisotopic (exact) mass is 277 g/mol. The van der Waals surface area contributed by atoms with Crippen LogP contribution in [-0.2, 0) is 4.74 Å². The third kappa shape index (κ3) is 2.38. The van der Waals surface area contributed by atoms with Crippen LogP contribution in [0.5, 0.6) is 0 Å². The van der Waals surface area contributed by atoms with E-state index in [1.807, 2.05) is 13.8 Å². The van der Waals surface area contributed by atoms with E-state index in [1.54, 1.807) is 17.2 Å². The van der Waals surface area contributed by atoms with Crippen molar-refractivity contribution in [1.29, 1.82) is 0 Å². The molecular weight excluding hydrogens is 261 g/mol. The van der Waals surface area contributed by atoms with E-state index in [4.69, 9.17) is 4.74 Å². The van der Waals surface area contributed by atoms with Crippen molar-refractivity contribution in [3.63, 3.8) is 0 Å². The second-order valence-corrected chi connectivity index (χ2v) is 5.21. The van der Waals surface area contributed by atoms with Gasteiger partial charge in [0.15, 0.2) is 0 Å². The third-order valence-electron chi connectivity index (χ3n) is 3.34. The average Bonchev–Trinajstić information content (AvgIpc) is 2.79. The summed E-state index contributed by atoms with van der Waals surface area (Å²) < 4.78 is 20.3. The summed E-state index contributed by atoms with van der Waals surface area (Å²) in [6.45, 7) is 4.97. The standard InChI is InChI=1S/C14H16FN3O2/c1-9-5-18(6-10(2)20-9)14(19)12-8-17-7-11(15)3-4-13(17)16-12/h3-4,7-10H,5-6H2,1-2H3. The van der Waals surface area contributed by atoms with Gasteiger partial charge in [-0.3, -0.25) is 4.79 Å². The minimum absolute atomic E-state index is 0.0113. The highest BCUT2D eigenvalue weighted by molar-refractivity contribution is 5.93. The van der Waals surface area contributed by atoms with Crippen molar-refractivity contribution < 1.29 is 13.9 Å². The van der Waals surface area contributed by atoms with Crippen molar-refractivity contribution in [3.05, 3.63) is 36.0 Å². The Hall–Kier alpha value is -1.95. The van der Waals surface area contributed by atoms with Crippen LogP contribution in [0, 0.1) is 5.82 Å². The Labute approximate surface area is 116 Å². The molecule has 1 aliphatic rings. The number of imidazole rings is 1. The van der Waals surface area contributed by atoms with Crippen LogP contribution in [0.4, 0.5) is 4.39 Å². The highest BCUT2D eigenvalue weighted by atomic mass is 19.1. The first-order valence-electron chi connectivity index (χ1n) is 6.62. The van der Waals surface area contributed by atoms with Gasteiger partial charge in [0.25, 0.3) is 5.91 Å². The molecule has 1 fully saturated rings.